The van der Waals surface area contributed by atoms with Crippen molar-refractivity contribution in [2.75, 3.05) is 40.4 Å². The summed E-state index contributed by atoms with van der Waals surface area (Å²) >= 11 is 0. The molecule has 0 bridgehead atoms. The van der Waals surface area contributed by atoms with Crippen molar-refractivity contribution in [3.05, 3.63) is 0 Å². The summed E-state index contributed by atoms with van der Waals surface area (Å²) in [6, 6.07) is -1.33. The van der Waals surface area contributed by atoms with Gasteiger partial charge in [-0.05, 0) is 20.5 Å². The lowest BCUT2D eigenvalue weighted by molar-refractivity contribution is -0.139. The number of carbonyl (C=O) groups excluding carboxylic acids is 1. The van der Waals surface area contributed by atoms with E-state index in [9.17, 15) is 9.59 Å². The molecule has 106 valence electrons. The average molecular weight is 261 g/mol. The number of nitrogens with zero attached hydrogens (tertiary/aromatic N) is 1. The number of carbonyl (C=O) groups is 2. The molecular formula is C11H23N3O4. The minimum absolute atomic E-state index is 0.349. The Kier molecular flexibility index (Phi) is 8.95. The second kappa shape index (κ2) is 9.67. The van der Waals surface area contributed by atoms with Crippen LogP contribution in [0, 0.1) is 0 Å². The molecule has 0 aromatic rings. The minimum atomic E-state index is -1.03. The van der Waals surface area contributed by atoms with E-state index in [1.807, 2.05) is 19.0 Å². The third-order valence-corrected chi connectivity index (χ3v) is 2.23. The van der Waals surface area contributed by atoms with E-state index in [4.69, 9.17) is 9.84 Å². The molecule has 0 rings (SSSR count). The predicted octanol–water partition coefficient (Wildman–Crippen LogP) is -0.273. The molecule has 0 spiro atoms. The second-order valence-electron chi connectivity index (χ2n) is 4.11. The number of hydrogen-bond donors (Lipinski definition) is 3. The Morgan fingerprint density at radius 2 is 2.00 bits per heavy atom. The summed E-state index contributed by atoms with van der Waals surface area (Å²) in [5.41, 5.74) is 0. The summed E-state index contributed by atoms with van der Waals surface area (Å²) < 4.78 is 5.27. The largest absolute Gasteiger partial charge is 0.480 e. The van der Waals surface area contributed by atoms with Crippen LogP contribution in [0.5, 0.6) is 0 Å². The number of ether oxygens (including phenoxy) is 1. The van der Waals surface area contributed by atoms with E-state index < -0.39 is 18.0 Å². The number of urea groups is 1. The Morgan fingerprint density at radius 3 is 2.50 bits per heavy atom. The molecule has 0 aliphatic heterocycles. The molecule has 0 saturated carbocycles. The van der Waals surface area contributed by atoms with Crippen molar-refractivity contribution in [3.63, 3.8) is 0 Å². The lowest BCUT2D eigenvalue weighted by atomic mass is 10.2. The summed E-state index contributed by atoms with van der Waals surface area (Å²) in [5, 5.41) is 13.6. The summed E-state index contributed by atoms with van der Waals surface area (Å²) in [6.07, 6.45) is 0.349. The molecule has 0 heterocycles. The first kappa shape index (κ1) is 16.7. The van der Waals surface area contributed by atoms with E-state index in [1.54, 1.807) is 6.92 Å². The molecule has 2 amide bonds. The number of rotatable bonds is 9. The molecular weight excluding hydrogens is 238 g/mol. The van der Waals surface area contributed by atoms with Crippen LogP contribution in [0.4, 0.5) is 4.79 Å². The van der Waals surface area contributed by atoms with Gasteiger partial charge in [-0.2, -0.15) is 0 Å². The highest BCUT2D eigenvalue weighted by Crippen LogP contribution is 1.90. The quantitative estimate of drug-likeness (QED) is 0.497. The van der Waals surface area contributed by atoms with Gasteiger partial charge in [-0.3, -0.25) is 0 Å². The lowest BCUT2D eigenvalue weighted by Gasteiger charge is -2.13. The highest BCUT2D eigenvalue weighted by atomic mass is 16.5. The number of aliphatic carboxylic acids is 1. The maximum absolute atomic E-state index is 11.3. The first-order valence-corrected chi connectivity index (χ1v) is 5.97. The molecule has 18 heavy (non-hydrogen) atoms. The molecule has 3 N–H and O–H groups in total. The van der Waals surface area contributed by atoms with Crippen LogP contribution in [0.1, 0.15) is 13.3 Å². The molecule has 0 aromatic heterocycles. The fraction of sp³-hybridized carbons (Fsp3) is 0.818. The Balaban J connectivity index is 3.56. The van der Waals surface area contributed by atoms with Crippen molar-refractivity contribution in [1.82, 2.24) is 15.5 Å². The van der Waals surface area contributed by atoms with Crippen LogP contribution in [0.15, 0.2) is 0 Å². The van der Waals surface area contributed by atoms with E-state index >= 15 is 0 Å². The van der Waals surface area contributed by atoms with E-state index in [2.05, 4.69) is 10.6 Å². The zero-order valence-electron chi connectivity index (χ0n) is 11.2. The Labute approximate surface area is 107 Å². The molecule has 0 radical (unpaired) electrons. The van der Waals surface area contributed by atoms with E-state index in [0.29, 0.717) is 26.2 Å². The van der Waals surface area contributed by atoms with Crippen LogP contribution in [0.2, 0.25) is 0 Å². The van der Waals surface area contributed by atoms with Gasteiger partial charge in [-0.25, -0.2) is 9.59 Å². The Hall–Kier alpha value is -1.34. The summed E-state index contributed by atoms with van der Waals surface area (Å²) in [4.78, 5) is 24.0. The summed E-state index contributed by atoms with van der Waals surface area (Å²) in [7, 11) is 3.90. The smallest absolute Gasteiger partial charge is 0.326 e. The fourth-order valence-electron chi connectivity index (χ4n) is 1.13. The molecule has 0 fully saturated rings. The van der Waals surface area contributed by atoms with Crippen molar-refractivity contribution in [2.45, 2.75) is 19.4 Å². The predicted molar refractivity (Wildman–Crippen MR) is 67.6 cm³/mol. The van der Waals surface area contributed by atoms with Crippen LogP contribution in [0.25, 0.3) is 0 Å². The van der Waals surface area contributed by atoms with Crippen molar-refractivity contribution >= 4 is 12.0 Å². The van der Waals surface area contributed by atoms with Gasteiger partial charge in [0.1, 0.15) is 6.04 Å². The van der Waals surface area contributed by atoms with Crippen LogP contribution < -0.4 is 10.6 Å². The molecule has 7 heteroatoms. The van der Waals surface area contributed by atoms with Crippen molar-refractivity contribution in [1.29, 1.82) is 0 Å². The third kappa shape index (κ3) is 8.77. The zero-order chi connectivity index (χ0) is 14.0. The maximum Gasteiger partial charge on any atom is 0.326 e. The number of carboxylic acid groups (broad SMARTS) is 1. The lowest BCUT2D eigenvalue weighted by Crippen LogP contribution is -2.46. The van der Waals surface area contributed by atoms with Crippen molar-refractivity contribution in [3.8, 4) is 0 Å². The third-order valence-electron chi connectivity index (χ3n) is 2.23. The summed E-state index contributed by atoms with van der Waals surface area (Å²) in [6.45, 7) is 3.88. The first-order chi connectivity index (χ1) is 8.47. The topological polar surface area (TPSA) is 90.9 Å². The maximum atomic E-state index is 11.3. The standard InChI is InChI=1S/C11H23N3O4/c1-4-9(10(15)16)13-11(17)12-5-7-18-8-6-14(2)3/h9H,4-8H2,1-3H3,(H,15,16)(H2,12,13,17)/t9-/m1/s1. The number of amides is 2. The van der Waals surface area contributed by atoms with E-state index in [0.717, 1.165) is 6.54 Å². The van der Waals surface area contributed by atoms with Gasteiger partial charge in [0.2, 0.25) is 0 Å². The molecule has 0 aliphatic rings. The van der Waals surface area contributed by atoms with Crippen LogP contribution in [-0.2, 0) is 9.53 Å². The molecule has 0 aliphatic carbocycles. The van der Waals surface area contributed by atoms with Crippen LogP contribution in [0.3, 0.4) is 0 Å². The number of likely N-dealkylation sites (N-methyl/N-ethyl adjacent to an activating group) is 1. The van der Waals surface area contributed by atoms with Gasteiger partial charge in [0.25, 0.3) is 0 Å². The van der Waals surface area contributed by atoms with Gasteiger partial charge in [0, 0.05) is 13.1 Å². The van der Waals surface area contributed by atoms with Gasteiger partial charge in [-0.15, -0.1) is 0 Å². The highest BCUT2D eigenvalue weighted by molar-refractivity contribution is 5.82. The molecule has 0 unspecified atom stereocenters. The van der Waals surface area contributed by atoms with Crippen LogP contribution >= 0.6 is 0 Å². The molecule has 0 aromatic carbocycles. The fourth-order valence-corrected chi connectivity index (χ4v) is 1.13. The van der Waals surface area contributed by atoms with Gasteiger partial charge < -0.3 is 25.4 Å². The molecule has 7 nitrogen and oxygen atoms in total. The van der Waals surface area contributed by atoms with E-state index in [1.165, 1.54) is 0 Å². The van der Waals surface area contributed by atoms with E-state index in [-0.39, 0.29) is 0 Å². The number of nitrogens with one attached hydrogen (secondary N) is 2. The van der Waals surface area contributed by atoms with Crippen molar-refractivity contribution < 1.29 is 19.4 Å². The van der Waals surface area contributed by atoms with Gasteiger partial charge in [0.05, 0.1) is 13.2 Å². The molecule has 0 saturated heterocycles. The van der Waals surface area contributed by atoms with Gasteiger partial charge in [0.15, 0.2) is 0 Å². The highest BCUT2D eigenvalue weighted by Gasteiger charge is 2.16. The SMILES string of the molecule is CC[C@@H](NC(=O)NCCOCCN(C)C)C(=O)O. The number of hydrogen-bond acceptors (Lipinski definition) is 4. The Bertz CT molecular complexity index is 259. The second-order valence-corrected chi connectivity index (χ2v) is 4.11. The van der Waals surface area contributed by atoms with Gasteiger partial charge >= 0.3 is 12.0 Å². The normalized spacial score (nSPS) is 12.2. The molecule has 1 atom stereocenters. The minimum Gasteiger partial charge on any atom is -0.480 e. The monoisotopic (exact) mass is 261 g/mol. The zero-order valence-corrected chi connectivity index (χ0v) is 11.2. The number of carboxylic acids is 1. The Morgan fingerprint density at radius 1 is 1.33 bits per heavy atom. The summed E-state index contributed by atoms with van der Waals surface area (Å²) in [5.74, 6) is -1.03. The van der Waals surface area contributed by atoms with Gasteiger partial charge in [-0.1, -0.05) is 6.92 Å². The average Bonchev–Trinajstić information content (AvgIpc) is 2.29. The van der Waals surface area contributed by atoms with Crippen molar-refractivity contribution in [2.24, 2.45) is 0 Å². The first-order valence-electron chi connectivity index (χ1n) is 5.97. The van der Waals surface area contributed by atoms with Crippen LogP contribution in [-0.4, -0.2) is 68.4 Å².